The van der Waals surface area contributed by atoms with Gasteiger partial charge in [-0.15, -0.1) is 11.3 Å². The Kier molecular flexibility index (Phi) is 25.4. The third kappa shape index (κ3) is 18.8. The van der Waals surface area contributed by atoms with Crippen LogP contribution >= 0.6 is 11.3 Å². The molecule has 3 amide bonds. The van der Waals surface area contributed by atoms with E-state index in [1.807, 2.05) is 103 Å². The maximum Gasteiger partial charge on any atom is 0.310 e. The number of aromatic nitrogens is 6. The van der Waals surface area contributed by atoms with E-state index in [-0.39, 0.29) is 44.0 Å². The third-order valence-corrected chi connectivity index (χ3v) is 21.9. The number of carbonyl (C=O) groups is 4. The Hall–Kier alpha value is -9.49. The summed E-state index contributed by atoms with van der Waals surface area (Å²) in [5, 5.41) is 20.4. The Bertz CT molecular complexity index is 4410. The summed E-state index contributed by atoms with van der Waals surface area (Å²) in [5.74, 6) is 2.38. The number of amides is 3. The highest BCUT2D eigenvalue weighted by Crippen LogP contribution is 2.41. The summed E-state index contributed by atoms with van der Waals surface area (Å²) in [7, 11) is 3.45. The summed E-state index contributed by atoms with van der Waals surface area (Å²) in [6.45, 7) is 25.6. The molecular formula is C81H103N15O8S. The second-order valence-corrected chi connectivity index (χ2v) is 29.9. The van der Waals surface area contributed by atoms with Crippen molar-refractivity contribution in [1.29, 1.82) is 0 Å². The molecule has 556 valence electrons. The topological polar surface area (TPSA) is 238 Å². The Labute approximate surface area is 620 Å². The van der Waals surface area contributed by atoms with Gasteiger partial charge in [0.25, 0.3) is 5.91 Å². The number of hydrogen-bond donors (Lipinski definition) is 2. The van der Waals surface area contributed by atoms with Crippen molar-refractivity contribution in [3.63, 3.8) is 0 Å². The van der Waals surface area contributed by atoms with Crippen LogP contribution in [0.1, 0.15) is 107 Å². The molecule has 5 aliphatic rings. The quantitative estimate of drug-likeness (QED) is 0.0680. The molecule has 5 aromatic heterocycles. The number of fused-ring (bicyclic) bond motifs is 3. The Morgan fingerprint density at radius 3 is 1.78 bits per heavy atom. The van der Waals surface area contributed by atoms with E-state index < -0.39 is 11.9 Å². The summed E-state index contributed by atoms with van der Waals surface area (Å²) in [6, 6.07) is 34.5. The number of hydrogen-bond acceptors (Lipinski definition) is 19. The number of benzene rings is 4. The fourth-order valence-corrected chi connectivity index (χ4v) is 16.0. The first-order valence-electron chi connectivity index (χ1n) is 37.4. The normalized spacial score (nSPS) is 17.1. The third-order valence-electron chi connectivity index (χ3n) is 20.8. The highest BCUT2D eigenvalue weighted by molar-refractivity contribution is 7.09. The lowest BCUT2D eigenvalue weighted by molar-refractivity contribution is -0.153. The van der Waals surface area contributed by atoms with E-state index in [1.165, 1.54) is 4.90 Å². The van der Waals surface area contributed by atoms with Crippen molar-refractivity contribution in [2.75, 3.05) is 147 Å². The molecule has 9 aromatic rings. The monoisotopic (exact) mass is 1450 g/mol. The van der Waals surface area contributed by atoms with E-state index in [0.29, 0.717) is 35.8 Å². The van der Waals surface area contributed by atoms with Gasteiger partial charge in [-0.3, -0.25) is 43.9 Å². The molecule has 105 heavy (non-hydrogen) atoms. The summed E-state index contributed by atoms with van der Waals surface area (Å²) in [4.78, 5) is 85.2. The molecule has 14 rings (SSSR count). The van der Waals surface area contributed by atoms with Crippen LogP contribution in [0.25, 0.3) is 38.4 Å². The summed E-state index contributed by atoms with van der Waals surface area (Å²) < 4.78 is 19.5. The van der Waals surface area contributed by atoms with Gasteiger partial charge in [0.2, 0.25) is 11.8 Å². The van der Waals surface area contributed by atoms with Gasteiger partial charge in [-0.25, -0.2) is 9.67 Å². The molecule has 5 fully saturated rings. The van der Waals surface area contributed by atoms with Crippen molar-refractivity contribution in [1.82, 2.24) is 54.2 Å². The van der Waals surface area contributed by atoms with Gasteiger partial charge in [0, 0.05) is 176 Å². The zero-order valence-corrected chi connectivity index (χ0v) is 62.8. The number of nitrogens with two attached hydrogens (primary N) is 1. The zero-order chi connectivity index (χ0) is 73.5. The molecule has 0 aliphatic carbocycles. The van der Waals surface area contributed by atoms with Gasteiger partial charge >= 0.3 is 5.97 Å². The maximum absolute atomic E-state index is 12.8. The molecule has 1 unspecified atom stereocenters. The number of carbonyl (C=O) groups excluding carboxylic acids is 3. The number of piperidine rings is 1. The number of primary amides is 1. The average Bonchev–Trinajstić information content (AvgIpc) is 1.26. The van der Waals surface area contributed by atoms with E-state index in [4.69, 9.17) is 40.1 Å². The molecule has 24 heteroatoms. The maximum atomic E-state index is 12.8. The molecule has 0 spiro atoms. The van der Waals surface area contributed by atoms with Crippen molar-refractivity contribution in [2.24, 2.45) is 23.5 Å². The second-order valence-electron chi connectivity index (χ2n) is 29.0. The lowest BCUT2D eigenvalue weighted by Gasteiger charge is -2.36. The van der Waals surface area contributed by atoms with E-state index in [9.17, 15) is 19.2 Å². The minimum absolute atomic E-state index is 0.0938. The number of para-hydroxylation sites is 1. The van der Waals surface area contributed by atoms with Crippen LogP contribution in [-0.4, -0.2) is 215 Å². The number of pyridine rings is 3. The van der Waals surface area contributed by atoms with Gasteiger partial charge in [-0.1, -0.05) is 64.1 Å². The Balaban J connectivity index is 0.000000150. The molecule has 5 saturated heterocycles. The van der Waals surface area contributed by atoms with Crippen molar-refractivity contribution in [2.45, 2.75) is 98.1 Å². The first kappa shape index (κ1) is 75.2. The first-order valence-corrected chi connectivity index (χ1v) is 38.3. The Morgan fingerprint density at radius 2 is 1.19 bits per heavy atom. The first-order chi connectivity index (χ1) is 51.0. The molecule has 3 N–H and O–H groups in total. The minimum Gasteiger partial charge on any atom is -0.494 e. The molecule has 4 aromatic carbocycles. The van der Waals surface area contributed by atoms with Crippen LogP contribution < -0.4 is 34.6 Å². The number of thiazole rings is 1. The summed E-state index contributed by atoms with van der Waals surface area (Å²) in [5.41, 5.74) is 15.5. The number of anilines is 3. The number of methoxy groups -OCH3 is 2. The zero-order valence-electron chi connectivity index (χ0n) is 62.0. The van der Waals surface area contributed by atoms with Crippen LogP contribution in [0.3, 0.4) is 0 Å². The Morgan fingerprint density at radius 1 is 0.610 bits per heavy atom. The SMILES string of the molecule is COc1ccc2cccnc2c1N1CCCN(C(CC(N)=O)c2csc(C(C)C)n2)CC1.COc1ccc2cccnc2c1N1CCCN(CC2CCN(C(=O)CC(C)C)CC2)CC1.Cc1cc2cccnc2c(N2CCCN(Cc3ccn(-c4ccccc4)n3)CC2)c1OCC(=O)N1CC(C(=O)O)C1. The molecule has 0 saturated carbocycles. The van der Waals surface area contributed by atoms with E-state index in [0.717, 1.165) is 226 Å². The number of likely N-dealkylation sites (tertiary alicyclic amines) is 2. The lowest BCUT2D eigenvalue weighted by Crippen LogP contribution is -2.54. The fourth-order valence-electron chi connectivity index (χ4n) is 15.2. The van der Waals surface area contributed by atoms with Crippen LogP contribution in [0.2, 0.25) is 0 Å². The van der Waals surface area contributed by atoms with E-state index in [1.54, 1.807) is 31.8 Å². The molecule has 0 bridgehead atoms. The van der Waals surface area contributed by atoms with Crippen LogP contribution in [-0.2, 0) is 25.7 Å². The van der Waals surface area contributed by atoms with Gasteiger partial charge in [0.15, 0.2) is 6.61 Å². The number of carboxylic acids is 1. The van der Waals surface area contributed by atoms with E-state index in [2.05, 4.69) is 108 Å². The largest absolute Gasteiger partial charge is 0.494 e. The van der Waals surface area contributed by atoms with Crippen LogP contribution in [0.4, 0.5) is 17.1 Å². The number of nitrogens with zero attached hydrogens (tertiary/aromatic N) is 14. The summed E-state index contributed by atoms with van der Waals surface area (Å²) in [6.07, 6.45) is 13.8. The number of ether oxygens (including phenoxy) is 3. The molecule has 1 atom stereocenters. The fraction of sp³-hybridized carbons (Fsp3) is 0.469. The predicted molar refractivity (Wildman–Crippen MR) is 415 cm³/mol. The molecule has 10 heterocycles. The average molecular weight is 1450 g/mol. The van der Waals surface area contributed by atoms with Crippen molar-refractivity contribution >= 4 is 84.8 Å². The lowest BCUT2D eigenvalue weighted by atomic mass is 9.95. The van der Waals surface area contributed by atoms with Crippen molar-refractivity contribution < 1.29 is 38.5 Å². The van der Waals surface area contributed by atoms with Gasteiger partial charge < -0.3 is 54.5 Å². The summed E-state index contributed by atoms with van der Waals surface area (Å²) >= 11 is 1.66. The highest BCUT2D eigenvalue weighted by atomic mass is 32.1. The predicted octanol–water partition coefficient (Wildman–Crippen LogP) is 11.4. The number of aryl methyl sites for hydroxylation is 1. The number of aliphatic carboxylic acids is 1. The van der Waals surface area contributed by atoms with Crippen molar-refractivity contribution in [3.8, 4) is 22.9 Å². The van der Waals surface area contributed by atoms with Gasteiger partial charge in [0.05, 0.1) is 64.8 Å². The van der Waals surface area contributed by atoms with Gasteiger partial charge in [0.1, 0.15) is 34.3 Å². The van der Waals surface area contributed by atoms with Crippen LogP contribution in [0.15, 0.2) is 133 Å². The minimum atomic E-state index is -0.867. The van der Waals surface area contributed by atoms with Crippen molar-refractivity contribution in [3.05, 3.63) is 155 Å². The standard InChI is InChI=1S/C31H34N6O4.C26H38N4O2.C24H31N5O2S/c1-22-17-23-7-5-11-32-28(23)29(30(22)41-21-27(38)36-18-24(19-36)31(39)40)35-13-6-12-34(15-16-35)20-25-10-14-37(33-25)26-8-3-2-4-9-26;1-20(2)18-24(31)29-14-9-21(10-15-29)19-28-12-5-13-30(17-16-28)26-23(32-3)8-7-22-6-4-11-27-25(22)26;1-16(2)24-27-18(15-32-24)19(14-21(25)30)28-10-5-11-29(13-12-28)23-20(31-3)8-7-17-6-4-9-26-22(17)23/h2-5,7-11,14,17,24H,6,12-13,15-16,18-21H2,1H3,(H,39,40);4,6-8,11,20-21H,5,9-10,12-19H2,1-3H3;4,6-9,15-16,19H,5,10-14H2,1-3H3,(H2,25,30). The number of rotatable bonds is 21. The molecule has 23 nitrogen and oxygen atoms in total. The smallest absolute Gasteiger partial charge is 0.310 e. The molecule has 5 aliphatic heterocycles. The van der Waals surface area contributed by atoms with E-state index >= 15 is 0 Å². The van der Waals surface area contributed by atoms with Gasteiger partial charge in [-0.05, 0) is 130 Å². The highest BCUT2D eigenvalue weighted by Gasteiger charge is 2.37. The van der Waals surface area contributed by atoms with Crippen LogP contribution in [0.5, 0.6) is 17.2 Å². The second kappa shape index (κ2) is 35.5. The van der Waals surface area contributed by atoms with Gasteiger partial charge in [-0.2, -0.15) is 5.10 Å². The number of carboxylic acid groups (broad SMARTS) is 1. The molecule has 0 radical (unpaired) electrons. The van der Waals surface area contributed by atoms with Crippen LogP contribution in [0, 0.1) is 24.7 Å². The molecular weight excluding hydrogens is 1340 g/mol.